The molecule has 0 bridgehead atoms. The third-order valence-corrected chi connectivity index (χ3v) is 7.61. The maximum atomic E-state index is 13.0. The number of hydrogen-bond acceptors (Lipinski definition) is 5. The lowest BCUT2D eigenvalue weighted by Gasteiger charge is -2.26. The second kappa shape index (κ2) is 9.75. The number of piperidine rings is 1. The van der Waals surface area contributed by atoms with Crippen LogP contribution >= 0.6 is 0 Å². The standard InChI is InChI=1S/C24H29N3O3S/c1-2-3-4-19-5-9-24(10-6-19)31(28,29)27-15-12-22(13-16-27)26-30-18-23-17-21(11-14-25-23)20-7-8-20/h5-11,14,17,20H,2-4,12-13,15-16,18H2,1H3. The third-order valence-electron chi connectivity index (χ3n) is 5.70. The molecule has 7 heteroatoms. The van der Waals surface area contributed by atoms with Crippen LogP contribution in [0.3, 0.4) is 0 Å². The molecule has 2 heterocycles. The van der Waals surface area contributed by atoms with Gasteiger partial charge in [0, 0.05) is 38.0 Å². The number of aromatic nitrogens is 1. The maximum Gasteiger partial charge on any atom is 0.243 e. The fourth-order valence-electron chi connectivity index (χ4n) is 3.68. The van der Waals surface area contributed by atoms with Crippen LogP contribution in [-0.2, 0) is 27.9 Å². The Kier molecular flexibility index (Phi) is 6.83. The highest BCUT2D eigenvalue weighted by atomic mass is 32.2. The van der Waals surface area contributed by atoms with E-state index < -0.39 is 10.0 Å². The molecule has 1 aliphatic heterocycles. The highest BCUT2D eigenvalue weighted by Crippen LogP contribution is 2.29. The number of allylic oxidation sites excluding steroid dienone is 2. The number of oxime groups is 1. The van der Waals surface area contributed by atoms with E-state index >= 15 is 0 Å². The molecule has 2 aromatic rings. The predicted molar refractivity (Wildman–Crippen MR) is 121 cm³/mol. The summed E-state index contributed by atoms with van der Waals surface area (Å²) in [6.07, 6.45) is 10.5. The summed E-state index contributed by atoms with van der Waals surface area (Å²) in [6, 6.07) is 11.4. The molecule has 1 fully saturated rings. The molecule has 2 aliphatic rings. The van der Waals surface area contributed by atoms with Crippen LogP contribution in [0.4, 0.5) is 0 Å². The van der Waals surface area contributed by atoms with Gasteiger partial charge < -0.3 is 4.84 Å². The van der Waals surface area contributed by atoms with Crippen LogP contribution in [0, 0.1) is 0 Å². The Balaban J connectivity index is 1.28. The first-order chi connectivity index (χ1) is 15.1. The number of rotatable bonds is 9. The fourth-order valence-corrected chi connectivity index (χ4v) is 5.13. The van der Waals surface area contributed by atoms with Crippen LogP contribution < -0.4 is 0 Å². The van der Waals surface area contributed by atoms with Crippen molar-refractivity contribution in [3.63, 3.8) is 0 Å². The van der Waals surface area contributed by atoms with Crippen molar-refractivity contribution in [3.05, 3.63) is 71.6 Å². The lowest BCUT2D eigenvalue weighted by molar-refractivity contribution is 0.125. The maximum absolute atomic E-state index is 13.0. The summed E-state index contributed by atoms with van der Waals surface area (Å²) in [7, 11) is -3.47. The Morgan fingerprint density at radius 2 is 1.87 bits per heavy atom. The second-order valence-electron chi connectivity index (χ2n) is 8.07. The van der Waals surface area contributed by atoms with Crippen LogP contribution in [0.15, 0.2) is 64.8 Å². The van der Waals surface area contributed by atoms with E-state index in [-0.39, 0.29) is 0 Å². The van der Waals surface area contributed by atoms with Crippen LogP contribution in [0.25, 0.3) is 0 Å². The van der Waals surface area contributed by atoms with Crippen molar-refractivity contribution in [2.75, 3.05) is 13.1 Å². The molecular weight excluding hydrogens is 410 g/mol. The average molecular weight is 440 g/mol. The quantitative estimate of drug-likeness (QED) is 0.428. The van der Waals surface area contributed by atoms with Gasteiger partial charge in [0.25, 0.3) is 0 Å². The molecule has 1 aromatic heterocycles. The minimum atomic E-state index is -3.47. The largest absolute Gasteiger partial charge is 0.389 e. The Morgan fingerprint density at radius 1 is 1.13 bits per heavy atom. The van der Waals surface area contributed by atoms with E-state index in [0.717, 1.165) is 30.7 Å². The van der Waals surface area contributed by atoms with Crippen molar-refractivity contribution >= 4 is 15.7 Å². The minimum absolute atomic E-state index is 0.316. The van der Waals surface area contributed by atoms with Crippen molar-refractivity contribution in [1.82, 2.24) is 9.29 Å². The highest BCUT2D eigenvalue weighted by Gasteiger charge is 2.28. The number of hydrogen-bond donors (Lipinski definition) is 0. The van der Waals surface area contributed by atoms with Gasteiger partial charge in [0.05, 0.1) is 16.3 Å². The van der Waals surface area contributed by atoms with E-state index in [0.29, 0.717) is 43.4 Å². The van der Waals surface area contributed by atoms with Gasteiger partial charge in [-0.3, -0.25) is 4.98 Å². The lowest BCUT2D eigenvalue weighted by atomic mass is 10.1. The number of pyridine rings is 1. The molecule has 0 spiro atoms. The molecule has 0 amide bonds. The van der Waals surface area contributed by atoms with Crippen molar-refractivity contribution in [3.8, 4) is 0 Å². The zero-order valence-corrected chi connectivity index (χ0v) is 18.7. The Hall–Kier alpha value is -2.51. The Labute approximate surface area is 184 Å². The number of benzene rings is 1. The molecule has 4 rings (SSSR count). The molecule has 164 valence electrons. The van der Waals surface area contributed by atoms with Crippen molar-refractivity contribution < 1.29 is 13.3 Å². The molecule has 0 saturated carbocycles. The zero-order valence-electron chi connectivity index (χ0n) is 17.9. The average Bonchev–Trinajstić information content (AvgIpc) is 3.64. The SMILES string of the molecule is CCCCc1ccc(S(=O)(=O)N2CCC(=NOCc3cc(C4C=C4)ccn3)CC2)cc1. The van der Waals surface area contributed by atoms with Crippen molar-refractivity contribution in [2.45, 2.75) is 56.4 Å². The summed E-state index contributed by atoms with van der Waals surface area (Å²) in [5.41, 5.74) is 4.14. The molecule has 6 nitrogen and oxygen atoms in total. The van der Waals surface area contributed by atoms with Crippen LogP contribution in [-0.4, -0.2) is 36.5 Å². The van der Waals surface area contributed by atoms with Crippen LogP contribution in [0.1, 0.15) is 55.3 Å². The van der Waals surface area contributed by atoms with Gasteiger partial charge in [0.2, 0.25) is 10.0 Å². The molecule has 0 unspecified atom stereocenters. The summed E-state index contributed by atoms with van der Waals surface area (Å²) in [5.74, 6) is 0.437. The fraction of sp³-hybridized carbons (Fsp3) is 0.417. The van der Waals surface area contributed by atoms with E-state index in [2.05, 4.69) is 29.2 Å². The third kappa shape index (κ3) is 5.60. The van der Waals surface area contributed by atoms with Crippen LogP contribution in [0.2, 0.25) is 0 Å². The molecule has 1 aliphatic carbocycles. The van der Waals surface area contributed by atoms with E-state index in [1.165, 1.54) is 11.1 Å². The number of nitrogens with zero attached hydrogens (tertiary/aromatic N) is 3. The number of aryl methyl sites for hydroxylation is 1. The van der Waals surface area contributed by atoms with Crippen molar-refractivity contribution in [2.24, 2.45) is 5.16 Å². The van der Waals surface area contributed by atoms with Gasteiger partial charge in [-0.15, -0.1) is 0 Å². The molecule has 0 atom stereocenters. The van der Waals surface area contributed by atoms with E-state index in [1.807, 2.05) is 24.3 Å². The first-order valence-corrected chi connectivity index (χ1v) is 12.4. The first kappa shape index (κ1) is 21.7. The number of unbranched alkanes of at least 4 members (excludes halogenated alkanes) is 1. The Morgan fingerprint density at radius 3 is 2.55 bits per heavy atom. The van der Waals surface area contributed by atoms with Gasteiger partial charge in [-0.05, 0) is 48.2 Å². The van der Waals surface area contributed by atoms with Gasteiger partial charge in [0.1, 0.15) is 0 Å². The minimum Gasteiger partial charge on any atom is -0.389 e. The number of sulfonamides is 1. The molecule has 0 radical (unpaired) electrons. The predicted octanol–water partition coefficient (Wildman–Crippen LogP) is 4.43. The highest BCUT2D eigenvalue weighted by molar-refractivity contribution is 7.89. The van der Waals surface area contributed by atoms with Gasteiger partial charge >= 0.3 is 0 Å². The van der Waals surface area contributed by atoms with Gasteiger partial charge in [-0.2, -0.15) is 4.31 Å². The van der Waals surface area contributed by atoms with E-state index in [9.17, 15) is 8.42 Å². The summed E-state index contributed by atoms with van der Waals surface area (Å²) in [6.45, 7) is 3.31. The smallest absolute Gasteiger partial charge is 0.243 e. The normalized spacial score (nSPS) is 17.0. The summed E-state index contributed by atoms with van der Waals surface area (Å²) >= 11 is 0. The van der Waals surface area contributed by atoms with Gasteiger partial charge in [0.15, 0.2) is 6.61 Å². The lowest BCUT2D eigenvalue weighted by Crippen LogP contribution is -2.38. The first-order valence-electron chi connectivity index (χ1n) is 11.0. The zero-order chi connectivity index (χ0) is 21.7. The Bertz CT molecular complexity index is 1050. The van der Waals surface area contributed by atoms with E-state index in [4.69, 9.17) is 4.84 Å². The second-order valence-corrected chi connectivity index (χ2v) is 10.0. The topological polar surface area (TPSA) is 71.9 Å². The van der Waals surface area contributed by atoms with Crippen molar-refractivity contribution in [1.29, 1.82) is 0 Å². The molecular formula is C24H29N3O3S. The molecule has 1 saturated heterocycles. The van der Waals surface area contributed by atoms with Gasteiger partial charge in [-0.25, -0.2) is 8.42 Å². The van der Waals surface area contributed by atoms with E-state index in [1.54, 1.807) is 22.6 Å². The summed E-state index contributed by atoms with van der Waals surface area (Å²) in [5, 5.41) is 4.24. The van der Waals surface area contributed by atoms with Gasteiger partial charge in [-0.1, -0.05) is 42.8 Å². The molecule has 1 aromatic carbocycles. The molecule has 31 heavy (non-hydrogen) atoms. The van der Waals surface area contributed by atoms with Crippen LogP contribution in [0.5, 0.6) is 0 Å². The summed E-state index contributed by atoms with van der Waals surface area (Å²) in [4.78, 5) is 10.2. The summed E-state index contributed by atoms with van der Waals surface area (Å²) < 4.78 is 27.4. The molecule has 0 N–H and O–H groups in total. The monoisotopic (exact) mass is 439 g/mol.